The third-order valence-corrected chi connectivity index (χ3v) is 5.28. The average Bonchev–Trinajstić information content (AvgIpc) is 2.64. The van der Waals surface area contributed by atoms with E-state index < -0.39 is 0 Å². The maximum Gasteiger partial charge on any atom is 0.171 e. The van der Waals surface area contributed by atoms with Crippen molar-refractivity contribution in [3.05, 3.63) is 88.1 Å². The fourth-order valence-electron chi connectivity index (χ4n) is 3.85. The van der Waals surface area contributed by atoms with Gasteiger partial charge in [-0.15, -0.1) is 0 Å². The summed E-state index contributed by atoms with van der Waals surface area (Å²) in [7, 11) is 0. The van der Waals surface area contributed by atoms with Crippen LogP contribution in [0.4, 0.5) is 8.78 Å². The first-order valence-corrected chi connectivity index (χ1v) is 9.43. The molecule has 0 spiro atoms. The van der Waals surface area contributed by atoms with Gasteiger partial charge in [-0.25, -0.2) is 8.78 Å². The highest BCUT2D eigenvalue weighted by atomic mass is 32.1. The van der Waals surface area contributed by atoms with Crippen LogP contribution in [0.3, 0.4) is 0 Å². The zero-order chi connectivity index (χ0) is 19.0. The molecule has 1 aliphatic heterocycles. The Morgan fingerprint density at radius 3 is 2.26 bits per heavy atom. The van der Waals surface area contributed by atoms with Gasteiger partial charge in [0.05, 0.1) is 6.04 Å². The molecule has 2 nitrogen and oxygen atoms in total. The largest absolute Gasteiger partial charge is 0.352 e. The Morgan fingerprint density at radius 2 is 1.59 bits per heavy atom. The Labute approximate surface area is 163 Å². The van der Waals surface area contributed by atoms with Crippen molar-refractivity contribution in [1.82, 2.24) is 10.6 Å². The molecule has 0 radical (unpaired) electrons. The number of benzene rings is 2. The van der Waals surface area contributed by atoms with Crippen LogP contribution in [0.5, 0.6) is 0 Å². The van der Waals surface area contributed by atoms with Gasteiger partial charge < -0.3 is 10.6 Å². The van der Waals surface area contributed by atoms with Gasteiger partial charge in [-0.05, 0) is 83.6 Å². The van der Waals surface area contributed by atoms with Crippen molar-refractivity contribution in [1.29, 1.82) is 0 Å². The fraction of sp³-hybridized carbons (Fsp3) is 0.227. The van der Waals surface area contributed by atoms with Crippen molar-refractivity contribution >= 4 is 23.4 Å². The van der Waals surface area contributed by atoms with Gasteiger partial charge >= 0.3 is 0 Å². The Morgan fingerprint density at radius 1 is 0.963 bits per heavy atom. The summed E-state index contributed by atoms with van der Waals surface area (Å²) in [4.78, 5) is 0. The van der Waals surface area contributed by atoms with E-state index in [1.165, 1.54) is 29.8 Å². The van der Waals surface area contributed by atoms with Crippen LogP contribution in [0.2, 0.25) is 0 Å². The summed E-state index contributed by atoms with van der Waals surface area (Å²) in [5, 5.41) is 7.20. The van der Waals surface area contributed by atoms with E-state index in [-0.39, 0.29) is 17.7 Å². The molecule has 0 saturated heterocycles. The van der Waals surface area contributed by atoms with E-state index in [4.69, 9.17) is 12.2 Å². The van der Waals surface area contributed by atoms with Gasteiger partial charge in [0.1, 0.15) is 11.6 Å². The minimum absolute atomic E-state index is 0.0753. The molecule has 0 bridgehead atoms. The highest BCUT2D eigenvalue weighted by molar-refractivity contribution is 7.80. The zero-order valence-corrected chi connectivity index (χ0v) is 15.7. The van der Waals surface area contributed by atoms with Crippen LogP contribution in [0, 0.1) is 17.6 Å². The number of thiocarbonyl (C=S) groups is 1. The van der Waals surface area contributed by atoms with Gasteiger partial charge in [0.2, 0.25) is 0 Å². The Balaban J connectivity index is 1.78. The smallest absolute Gasteiger partial charge is 0.171 e. The Kier molecular flexibility index (Phi) is 4.79. The van der Waals surface area contributed by atoms with Crippen LogP contribution in [0.15, 0.2) is 65.4 Å². The lowest BCUT2D eigenvalue weighted by molar-refractivity contribution is 0.499. The third kappa shape index (κ3) is 3.78. The lowest BCUT2D eigenvalue weighted by atomic mass is 9.78. The molecule has 138 valence electrons. The highest BCUT2D eigenvalue weighted by Crippen LogP contribution is 2.41. The fourth-order valence-corrected chi connectivity index (χ4v) is 4.07. The number of rotatable bonds is 2. The van der Waals surface area contributed by atoms with Gasteiger partial charge in [-0.1, -0.05) is 31.2 Å². The quantitative estimate of drug-likeness (QED) is 0.694. The standard InChI is InChI=1S/C22H20F2N2S/c1-13-10-16(12-14-2-6-17(23)7-3-14)21-19(11-13)20(25-22(27)26-21)15-4-8-18(24)9-5-15/h2-9,12-13,20H,10-11H2,1H3,(H2,25,26,27)/t13-,20+/m0/s1. The minimum Gasteiger partial charge on any atom is -0.352 e. The molecule has 2 aromatic carbocycles. The first-order valence-electron chi connectivity index (χ1n) is 9.02. The second-order valence-corrected chi connectivity index (χ2v) is 7.63. The SMILES string of the molecule is C[C@H]1CC(=Cc2ccc(F)cc2)C2=C(C1)[C@@H](c1ccc(F)cc1)NC(=S)N2. The molecule has 0 fully saturated rings. The molecule has 5 heteroatoms. The van der Waals surface area contributed by atoms with Crippen LogP contribution in [0.25, 0.3) is 6.08 Å². The van der Waals surface area contributed by atoms with Crippen molar-refractivity contribution < 1.29 is 8.78 Å². The summed E-state index contributed by atoms with van der Waals surface area (Å²) in [6.45, 7) is 2.22. The molecule has 2 aromatic rings. The number of nitrogens with one attached hydrogen (secondary N) is 2. The van der Waals surface area contributed by atoms with E-state index in [1.807, 2.05) is 0 Å². The molecule has 1 aliphatic carbocycles. The molecule has 1 heterocycles. The van der Waals surface area contributed by atoms with Gasteiger partial charge in [0.15, 0.2) is 5.11 Å². The summed E-state index contributed by atoms with van der Waals surface area (Å²) in [6, 6.07) is 13.0. The minimum atomic E-state index is -0.252. The molecular formula is C22H20F2N2S. The zero-order valence-electron chi connectivity index (χ0n) is 14.9. The van der Waals surface area contributed by atoms with Crippen molar-refractivity contribution in [3.63, 3.8) is 0 Å². The normalized spacial score (nSPS) is 23.7. The number of hydrogen-bond donors (Lipinski definition) is 2. The molecular weight excluding hydrogens is 362 g/mol. The van der Waals surface area contributed by atoms with E-state index >= 15 is 0 Å². The predicted molar refractivity (Wildman–Crippen MR) is 108 cm³/mol. The van der Waals surface area contributed by atoms with Crippen molar-refractivity contribution in [2.75, 3.05) is 0 Å². The molecule has 2 atom stereocenters. The molecule has 0 unspecified atom stereocenters. The van der Waals surface area contributed by atoms with Crippen molar-refractivity contribution in [2.24, 2.45) is 5.92 Å². The summed E-state index contributed by atoms with van der Waals surface area (Å²) in [5.74, 6) is -0.0290. The highest BCUT2D eigenvalue weighted by Gasteiger charge is 2.32. The summed E-state index contributed by atoms with van der Waals surface area (Å²) < 4.78 is 26.6. The number of halogens is 2. The molecule has 0 aromatic heterocycles. The Hall–Kier alpha value is -2.53. The second kappa shape index (κ2) is 7.24. The summed E-state index contributed by atoms with van der Waals surface area (Å²) >= 11 is 5.43. The van der Waals surface area contributed by atoms with E-state index in [0.29, 0.717) is 11.0 Å². The predicted octanol–water partition coefficient (Wildman–Crippen LogP) is 5.25. The molecule has 2 N–H and O–H groups in total. The van der Waals surface area contributed by atoms with Crippen LogP contribution < -0.4 is 10.6 Å². The third-order valence-electron chi connectivity index (χ3n) is 5.06. The summed E-state index contributed by atoms with van der Waals surface area (Å²) in [5.41, 5.74) is 5.36. The Bertz CT molecular complexity index is 930. The van der Waals surface area contributed by atoms with Crippen LogP contribution in [0.1, 0.15) is 36.9 Å². The molecule has 4 rings (SSSR count). The van der Waals surface area contributed by atoms with Gasteiger partial charge in [0.25, 0.3) is 0 Å². The lowest BCUT2D eigenvalue weighted by Crippen LogP contribution is -2.45. The maximum atomic E-state index is 13.4. The lowest BCUT2D eigenvalue weighted by Gasteiger charge is -2.38. The van der Waals surface area contributed by atoms with E-state index in [0.717, 1.165) is 35.2 Å². The van der Waals surface area contributed by atoms with E-state index in [1.54, 1.807) is 24.3 Å². The van der Waals surface area contributed by atoms with E-state index in [2.05, 4.69) is 23.6 Å². The first-order chi connectivity index (χ1) is 13.0. The van der Waals surface area contributed by atoms with Crippen molar-refractivity contribution in [3.8, 4) is 0 Å². The monoisotopic (exact) mass is 382 g/mol. The molecule has 0 saturated carbocycles. The number of allylic oxidation sites excluding steroid dienone is 1. The van der Waals surface area contributed by atoms with Crippen LogP contribution >= 0.6 is 12.2 Å². The van der Waals surface area contributed by atoms with Crippen LogP contribution in [-0.2, 0) is 0 Å². The van der Waals surface area contributed by atoms with Gasteiger partial charge in [-0.3, -0.25) is 0 Å². The van der Waals surface area contributed by atoms with Gasteiger partial charge in [0, 0.05) is 5.70 Å². The first kappa shape index (κ1) is 17.9. The molecule has 2 aliphatic rings. The number of hydrogen-bond acceptors (Lipinski definition) is 1. The second-order valence-electron chi connectivity index (χ2n) is 7.22. The topological polar surface area (TPSA) is 24.1 Å². The van der Waals surface area contributed by atoms with Crippen molar-refractivity contribution in [2.45, 2.75) is 25.8 Å². The summed E-state index contributed by atoms with van der Waals surface area (Å²) in [6.07, 6.45) is 3.94. The van der Waals surface area contributed by atoms with Gasteiger partial charge in [-0.2, -0.15) is 0 Å². The molecule has 0 amide bonds. The average molecular weight is 382 g/mol. The molecule has 27 heavy (non-hydrogen) atoms. The van der Waals surface area contributed by atoms with Crippen LogP contribution in [-0.4, -0.2) is 5.11 Å². The van der Waals surface area contributed by atoms with E-state index in [9.17, 15) is 8.78 Å². The maximum absolute atomic E-state index is 13.4.